The molecule has 23 heavy (non-hydrogen) atoms. The Balaban J connectivity index is 2.31. The van der Waals surface area contributed by atoms with Crippen LogP contribution in [-0.4, -0.2) is 10.2 Å². The summed E-state index contributed by atoms with van der Waals surface area (Å²) in [5.41, 5.74) is 0.792. The number of nitrogens with zero attached hydrogens (tertiary/aromatic N) is 1. The Morgan fingerprint density at radius 3 is 2.39 bits per heavy atom. The largest absolute Gasteiger partial charge is 0.507 e. The van der Waals surface area contributed by atoms with Crippen molar-refractivity contribution in [3.63, 3.8) is 0 Å². The highest BCUT2D eigenvalue weighted by Gasteiger charge is 2.17. The lowest BCUT2D eigenvalue weighted by Gasteiger charge is -2.14. The molecule has 5 nitrogen and oxygen atoms in total. The molecule has 0 aliphatic carbocycles. The van der Waals surface area contributed by atoms with Crippen molar-refractivity contribution in [1.29, 1.82) is 0 Å². The molecule has 0 radical (unpaired) electrons. The molecule has 0 spiro atoms. The number of phenolic OH excluding ortho intramolecular Hbond substituents is 2. The van der Waals surface area contributed by atoms with Gasteiger partial charge >= 0.3 is 0 Å². The first-order valence-electron chi connectivity index (χ1n) is 6.63. The summed E-state index contributed by atoms with van der Waals surface area (Å²) in [6.45, 7) is 3.53. The van der Waals surface area contributed by atoms with Gasteiger partial charge in [-0.3, -0.25) is 0 Å². The maximum Gasteiger partial charge on any atom is 0.133 e. The summed E-state index contributed by atoms with van der Waals surface area (Å²) in [6.07, 6.45) is 0. The summed E-state index contributed by atoms with van der Waals surface area (Å²) in [5.74, 6) is 0.209. The first-order valence-corrected chi connectivity index (χ1v) is 8.71. The van der Waals surface area contributed by atoms with Crippen molar-refractivity contribution < 1.29 is 10.2 Å². The standard InChI is InChI=1S/C16H12IN2O3P/c1-8(18-22)23-19-12-7-3-5-10-14(12)16(21)9-4-2-6-11(17)13(9)15(10)20/h2-7,19-21,23H,1H2. The van der Waals surface area contributed by atoms with Crippen molar-refractivity contribution in [2.24, 2.45) is 5.18 Å². The number of aromatic hydroxyl groups is 2. The van der Waals surface area contributed by atoms with Crippen molar-refractivity contribution in [3.05, 3.63) is 56.9 Å². The van der Waals surface area contributed by atoms with E-state index in [1.165, 1.54) is 0 Å². The van der Waals surface area contributed by atoms with Crippen LogP contribution in [0, 0.1) is 8.48 Å². The number of anilines is 1. The Labute approximate surface area is 147 Å². The predicted octanol–water partition coefficient (Wildman–Crippen LogP) is 5.25. The monoisotopic (exact) mass is 438 g/mol. The van der Waals surface area contributed by atoms with E-state index in [1.807, 2.05) is 12.1 Å². The maximum atomic E-state index is 10.7. The van der Waals surface area contributed by atoms with E-state index >= 15 is 0 Å². The maximum absolute atomic E-state index is 10.7. The number of benzene rings is 3. The van der Waals surface area contributed by atoms with Gasteiger partial charge in [0.15, 0.2) is 0 Å². The third-order valence-electron chi connectivity index (χ3n) is 3.51. The molecule has 3 rings (SSSR count). The van der Waals surface area contributed by atoms with Gasteiger partial charge < -0.3 is 15.3 Å². The number of nitrogens with one attached hydrogen (secondary N) is 1. The van der Waals surface area contributed by atoms with E-state index in [2.05, 4.69) is 39.4 Å². The first kappa shape index (κ1) is 16.0. The molecule has 0 aromatic heterocycles. The molecule has 3 aromatic carbocycles. The number of fused-ring (bicyclic) bond motifs is 2. The van der Waals surface area contributed by atoms with Gasteiger partial charge in [-0.15, -0.1) is 4.91 Å². The molecular formula is C16H12IN2O3P. The van der Waals surface area contributed by atoms with Crippen LogP contribution in [0.3, 0.4) is 0 Å². The molecule has 7 heteroatoms. The van der Waals surface area contributed by atoms with Crippen LogP contribution in [0.15, 0.2) is 53.6 Å². The second-order valence-electron chi connectivity index (χ2n) is 4.88. The molecule has 3 N–H and O–H groups in total. The van der Waals surface area contributed by atoms with Crippen LogP contribution >= 0.6 is 31.3 Å². The molecule has 0 fully saturated rings. The van der Waals surface area contributed by atoms with Gasteiger partial charge in [0, 0.05) is 34.1 Å². The summed E-state index contributed by atoms with van der Waals surface area (Å²) in [4.78, 5) is 10.5. The lowest BCUT2D eigenvalue weighted by Crippen LogP contribution is -1.89. The van der Waals surface area contributed by atoms with E-state index in [-0.39, 0.29) is 25.7 Å². The molecule has 3 aromatic rings. The highest BCUT2D eigenvalue weighted by molar-refractivity contribution is 14.1. The molecule has 0 saturated carbocycles. The summed E-state index contributed by atoms with van der Waals surface area (Å²) >= 11 is 2.13. The van der Waals surface area contributed by atoms with Crippen molar-refractivity contribution in [2.45, 2.75) is 0 Å². The van der Waals surface area contributed by atoms with E-state index in [0.717, 1.165) is 3.57 Å². The van der Waals surface area contributed by atoms with Gasteiger partial charge in [0.1, 0.15) is 16.9 Å². The Bertz CT molecular complexity index is 959. The Kier molecular flexibility index (Phi) is 4.37. The number of hydrogen-bond acceptors (Lipinski definition) is 5. The minimum Gasteiger partial charge on any atom is -0.507 e. The third kappa shape index (κ3) is 2.72. The first-order chi connectivity index (χ1) is 11.0. The minimum atomic E-state index is -0.103. The van der Waals surface area contributed by atoms with Crippen LogP contribution in [0.25, 0.3) is 21.5 Å². The van der Waals surface area contributed by atoms with Crippen LogP contribution in [0.4, 0.5) is 5.69 Å². The molecule has 0 aliphatic rings. The SMILES string of the molecule is C=C(N=O)PNc1cccc2c(O)c3c(I)cccc3c(O)c12. The zero-order valence-electron chi connectivity index (χ0n) is 11.8. The van der Waals surface area contributed by atoms with Gasteiger partial charge in [-0.1, -0.05) is 30.8 Å². The smallest absolute Gasteiger partial charge is 0.133 e. The van der Waals surface area contributed by atoms with Crippen molar-refractivity contribution in [2.75, 3.05) is 5.09 Å². The number of hydrogen-bond donors (Lipinski definition) is 3. The summed E-state index contributed by atoms with van der Waals surface area (Å²) in [7, 11) is -0.103. The molecular weight excluding hydrogens is 426 g/mol. The Morgan fingerprint density at radius 2 is 1.70 bits per heavy atom. The van der Waals surface area contributed by atoms with E-state index in [0.29, 0.717) is 27.2 Å². The fourth-order valence-electron chi connectivity index (χ4n) is 2.50. The number of phenols is 2. The quantitative estimate of drug-likeness (QED) is 0.171. The van der Waals surface area contributed by atoms with Crippen molar-refractivity contribution >= 4 is 58.6 Å². The number of nitroso groups, excluding NO2 is 1. The molecule has 1 unspecified atom stereocenters. The van der Waals surface area contributed by atoms with E-state index in [1.54, 1.807) is 24.3 Å². The van der Waals surface area contributed by atoms with E-state index in [9.17, 15) is 15.1 Å². The van der Waals surface area contributed by atoms with Crippen LogP contribution < -0.4 is 5.09 Å². The van der Waals surface area contributed by atoms with Gasteiger partial charge in [-0.25, -0.2) is 0 Å². The molecule has 0 aliphatic heterocycles. The number of rotatable bonds is 4. The molecule has 0 saturated heterocycles. The zero-order valence-corrected chi connectivity index (χ0v) is 15.0. The van der Waals surface area contributed by atoms with Gasteiger partial charge in [0.2, 0.25) is 0 Å². The normalized spacial score (nSPS) is 11.3. The van der Waals surface area contributed by atoms with Gasteiger partial charge in [-0.2, -0.15) is 0 Å². The lowest BCUT2D eigenvalue weighted by atomic mass is 9.99. The second-order valence-corrected chi connectivity index (χ2v) is 7.12. The lowest BCUT2D eigenvalue weighted by molar-refractivity contribution is 0.478. The molecule has 0 amide bonds. The average molecular weight is 438 g/mol. The summed E-state index contributed by atoms with van der Waals surface area (Å²) in [5, 5.41) is 29.4. The van der Waals surface area contributed by atoms with E-state index in [4.69, 9.17) is 0 Å². The van der Waals surface area contributed by atoms with Crippen molar-refractivity contribution in [1.82, 2.24) is 0 Å². The Hall–Kier alpha value is -1.92. The topological polar surface area (TPSA) is 81.9 Å². The highest BCUT2D eigenvalue weighted by Crippen LogP contribution is 2.46. The van der Waals surface area contributed by atoms with Gasteiger partial charge in [0.25, 0.3) is 0 Å². The molecule has 116 valence electrons. The summed E-state index contributed by atoms with van der Waals surface area (Å²) in [6, 6.07) is 10.7. The number of halogens is 1. The van der Waals surface area contributed by atoms with Crippen LogP contribution in [-0.2, 0) is 0 Å². The van der Waals surface area contributed by atoms with Gasteiger partial charge in [-0.05, 0) is 39.9 Å². The van der Waals surface area contributed by atoms with Crippen LogP contribution in [0.5, 0.6) is 11.5 Å². The molecule has 0 bridgehead atoms. The fourth-order valence-corrected chi connectivity index (χ4v) is 3.79. The van der Waals surface area contributed by atoms with Crippen LogP contribution in [0.1, 0.15) is 0 Å². The van der Waals surface area contributed by atoms with Crippen molar-refractivity contribution in [3.8, 4) is 11.5 Å². The zero-order chi connectivity index (χ0) is 16.6. The second kappa shape index (κ2) is 6.29. The summed E-state index contributed by atoms with van der Waals surface area (Å²) < 4.78 is 0.855. The van der Waals surface area contributed by atoms with E-state index < -0.39 is 0 Å². The average Bonchev–Trinajstić information content (AvgIpc) is 2.57. The predicted molar refractivity (Wildman–Crippen MR) is 104 cm³/mol. The van der Waals surface area contributed by atoms with Crippen LogP contribution in [0.2, 0.25) is 0 Å². The molecule has 0 heterocycles. The molecule has 1 atom stereocenters. The Morgan fingerprint density at radius 1 is 1.09 bits per heavy atom. The minimum absolute atomic E-state index is 0.0869. The highest BCUT2D eigenvalue weighted by atomic mass is 127. The van der Waals surface area contributed by atoms with Gasteiger partial charge in [0.05, 0.1) is 5.39 Å². The fraction of sp³-hybridized carbons (Fsp3) is 0. The third-order valence-corrected chi connectivity index (χ3v) is 5.19.